The van der Waals surface area contributed by atoms with Gasteiger partial charge in [0.25, 0.3) is 5.89 Å². The second kappa shape index (κ2) is 5.83. The summed E-state index contributed by atoms with van der Waals surface area (Å²) >= 11 is 4.94. The third kappa shape index (κ3) is 2.82. The van der Waals surface area contributed by atoms with Gasteiger partial charge in [-0.2, -0.15) is 13.8 Å². The fourth-order valence-corrected chi connectivity index (χ4v) is 2.25. The minimum absolute atomic E-state index is 0.0859. The molecule has 0 aliphatic rings. The van der Waals surface area contributed by atoms with Crippen molar-refractivity contribution < 1.29 is 17.6 Å². The van der Waals surface area contributed by atoms with Crippen LogP contribution in [0.3, 0.4) is 0 Å². The van der Waals surface area contributed by atoms with E-state index in [1.165, 1.54) is 17.0 Å². The smallest absolute Gasteiger partial charge is 0.301 e. The zero-order valence-electron chi connectivity index (χ0n) is 11.4. The van der Waals surface area contributed by atoms with Crippen LogP contribution < -0.4 is 5.73 Å². The number of nitrogens with one attached hydrogen (secondary N) is 1. The molecule has 0 amide bonds. The van der Waals surface area contributed by atoms with Gasteiger partial charge in [0.05, 0.1) is 6.20 Å². The van der Waals surface area contributed by atoms with E-state index in [9.17, 15) is 13.2 Å². The number of hydrogen-bond acceptors (Lipinski definition) is 6. The fourth-order valence-electron chi connectivity index (χ4n) is 2.05. The zero-order chi connectivity index (χ0) is 16.6. The number of nitrogens with zero attached hydrogens (tertiary/aromatic N) is 4. The first kappa shape index (κ1) is 15.2. The largest absolute Gasteiger partial charge is 0.442 e. The van der Waals surface area contributed by atoms with Crippen molar-refractivity contribution in [3.05, 3.63) is 29.1 Å². The molecule has 3 aromatic rings. The van der Waals surface area contributed by atoms with Crippen LogP contribution in [-0.4, -0.2) is 24.5 Å². The summed E-state index contributed by atoms with van der Waals surface area (Å²) in [4.78, 5) is 14.9. The van der Waals surface area contributed by atoms with Gasteiger partial charge in [-0.15, -0.1) is 0 Å². The molecule has 0 spiro atoms. The van der Waals surface area contributed by atoms with Crippen LogP contribution in [-0.2, 0) is 6.54 Å². The van der Waals surface area contributed by atoms with E-state index in [1.807, 2.05) is 0 Å². The third-order valence-corrected chi connectivity index (χ3v) is 3.22. The molecule has 0 saturated carbocycles. The van der Waals surface area contributed by atoms with E-state index in [0.29, 0.717) is 0 Å². The summed E-state index contributed by atoms with van der Waals surface area (Å²) in [5.41, 5.74) is 6.29. The van der Waals surface area contributed by atoms with Crippen LogP contribution in [0.2, 0.25) is 0 Å². The first-order valence-electron chi connectivity index (χ1n) is 6.33. The molecule has 0 aliphatic heterocycles. The van der Waals surface area contributed by atoms with Crippen molar-refractivity contribution in [1.29, 1.82) is 0 Å². The zero-order valence-corrected chi connectivity index (χ0v) is 12.2. The Labute approximate surface area is 131 Å². The predicted molar refractivity (Wildman–Crippen MR) is 77.6 cm³/mol. The predicted octanol–water partition coefficient (Wildman–Crippen LogP) is 3.19. The van der Waals surface area contributed by atoms with Crippen LogP contribution in [0.15, 0.2) is 28.8 Å². The maximum atomic E-state index is 13.1. The van der Waals surface area contributed by atoms with Crippen LogP contribution in [0, 0.1) is 4.77 Å². The highest BCUT2D eigenvalue weighted by Crippen LogP contribution is 2.26. The number of oxazole rings is 1. The number of fused-ring (bicyclic) bond motifs is 1. The molecule has 7 nitrogen and oxygen atoms in total. The van der Waals surface area contributed by atoms with Gasteiger partial charge in [-0.1, -0.05) is 0 Å². The molecule has 3 aromatic heterocycles. The van der Waals surface area contributed by atoms with Crippen molar-refractivity contribution in [3.8, 4) is 11.7 Å². The summed E-state index contributed by atoms with van der Waals surface area (Å²) in [6.45, 7) is -0.164. The minimum Gasteiger partial charge on any atom is -0.442 e. The van der Waals surface area contributed by atoms with Crippen molar-refractivity contribution in [1.82, 2.24) is 24.5 Å². The topological polar surface area (TPSA) is 98.6 Å². The molecule has 0 aliphatic carbocycles. The molecule has 11 heteroatoms. The van der Waals surface area contributed by atoms with Crippen LogP contribution in [0.5, 0.6) is 0 Å². The Bertz CT molecular complexity index is 942. The number of anilines is 1. The molecule has 3 N–H and O–H groups in total. The summed E-state index contributed by atoms with van der Waals surface area (Å²) < 4.78 is 44.3. The number of rotatable bonds is 4. The number of nitrogen functional groups attached to an aromatic ring is 1. The molecule has 3 heterocycles. The quantitative estimate of drug-likeness (QED) is 0.707. The van der Waals surface area contributed by atoms with Gasteiger partial charge in [0.15, 0.2) is 22.1 Å². The Hall–Kier alpha value is -2.69. The standard InChI is InChI=1S/C12H9F3N6OS/c13-5(7(14)15)1-3-21-9-6(8(16)19-12(23)20-9)18-10(21)11-17-2-4-22-11/h2,4H,1,3H2,(H3,16,19,20,23). The van der Waals surface area contributed by atoms with E-state index < -0.39 is 18.3 Å². The van der Waals surface area contributed by atoms with E-state index in [2.05, 4.69) is 19.9 Å². The van der Waals surface area contributed by atoms with Gasteiger partial charge in [-0.3, -0.25) is 0 Å². The molecule has 0 atom stereocenters. The molecule has 0 saturated heterocycles. The van der Waals surface area contributed by atoms with E-state index in [-0.39, 0.29) is 40.0 Å². The lowest BCUT2D eigenvalue weighted by Crippen LogP contribution is -2.03. The van der Waals surface area contributed by atoms with Crippen molar-refractivity contribution in [2.75, 3.05) is 5.73 Å². The first-order chi connectivity index (χ1) is 11.0. The van der Waals surface area contributed by atoms with Gasteiger partial charge < -0.3 is 19.7 Å². The Morgan fingerprint density at radius 3 is 2.78 bits per heavy atom. The van der Waals surface area contributed by atoms with Crippen LogP contribution in [0.4, 0.5) is 19.0 Å². The maximum absolute atomic E-state index is 13.1. The molecule has 0 bridgehead atoms. The molecule has 0 radical (unpaired) electrons. The molecular weight excluding hydrogens is 333 g/mol. The average molecular weight is 342 g/mol. The second-order valence-corrected chi connectivity index (χ2v) is 4.85. The van der Waals surface area contributed by atoms with Crippen LogP contribution >= 0.6 is 12.2 Å². The maximum Gasteiger partial charge on any atom is 0.301 e. The van der Waals surface area contributed by atoms with Gasteiger partial charge in [0.1, 0.15) is 17.6 Å². The van der Waals surface area contributed by atoms with Crippen LogP contribution in [0.25, 0.3) is 22.9 Å². The Morgan fingerprint density at radius 1 is 1.35 bits per heavy atom. The second-order valence-electron chi connectivity index (χ2n) is 4.47. The Kier molecular flexibility index (Phi) is 3.86. The lowest BCUT2D eigenvalue weighted by atomic mass is 10.3. The highest BCUT2D eigenvalue weighted by atomic mass is 32.1. The summed E-state index contributed by atoms with van der Waals surface area (Å²) in [5.74, 6) is -1.05. The third-order valence-electron chi connectivity index (χ3n) is 3.03. The number of hydrogen-bond donors (Lipinski definition) is 2. The molecular formula is C12H9F3N6OS. The fraction of sp³-hybridized carbons (Fsp3) is 0.167. The van der Waals surface area contributed by atoms with E-state index in [0.717, 1.165) is 0 Å². The summed E-state index contributed by atoms with van der Waals surface area (Å²) in [6.07, 6.45) is -0.199. The number of imidazole rings is 1. The van der Waals surface area contributed by atoms with Crippen molar-refractivity contribution in [3.63, 3.8) is 0 Å². The number of nitrogens with two attached hydrogens (primary N) is 1. The Morgan fingerprint density at radius 2 is 2.13 bits per heavy atom. The molecule has 120 valence electrons. The Balaban J connectivity index is 2.17. The molecule has 0 aromatic carbocycles. The number of aromatic nitrogens is 5. The molecule has 0 unspecified atom stereocenters. The highest BCUT2D eigenvalue weighted by molar-refractivity contribution is 7.71. The van der Waals surface area contributed by atoms with Gasteiger partial charge in [0, 0.05) is 13.0 Å². The molecule has 23 heavy (non-hydrogen) atoms. The first-order valence-corrected chi connectivity index (χ1v) is 6.73. The summed E-state index contributed by atoms with van der Waals surface area (Å²) in [7, 11) is 0. The van der Waals surface area contributed by atoms with E-state index in [1.54, 1.807) is 0 Å². The van der Waals surface area contributed by atoms with Crippen molar-refractivity contribution >= 4 is 29.2 Å². The summed E-state index contributed by atoms with van der Waals surface area (Å²) in [6, 6.07) is 0. The van der Waals surface area contributed by atoms with Gasteiger partial charge in [-0.25, -0.2) is 14.4 Å². The highest BCUT2D eigenvalue weighted by Gasteiger charge is 2.20. The summed E-state index contributed by atoms with van der Waals surface area (Å²) in [5, 5.41) is 0. The minimum atomic E-state index is -2.36. The lowest BCUT2D eigenvalue weighted by molar-refractivity contribution is 0.366. The van der Waals surface area contributed by atoms with Crippen molar-refractivity contribution in [2.45, 2.75) is 13.0 Å². The SMILES string of the molecule is Nc1[nH]c(=S)nc2c1nc(-c1ncco1)n2CCC(F)=C(F)F. The lowest BCUT2D eigenvalue weighted by Gasteiger charge is -2.05. The molecule has 3 rings (SSSR count). The van der Waals surface area contributed by atoms with Crippen molar-refractivity contribution in [2.24, 2.45) is 0 Å². The number of aromatic amines is 1. The number of halogens is 3. The van der Waals surface area contributed by atoms with Gasteiger partial charge in [-0.05, 0) is 12.2 Å². The number of aryl methyl sites for hydroxylation is 1. The van der Waals surface area contributed by atoms with E-state index in [4.69, 9.17) is 22.4 Å². The van der Waals surface area contributed by atoms with Crippen LogP contribution in [0.1, 0.15) is 6.42 Å². The number of H-pyrrole nitrogens is 1. The average Bonchev–Trinajstić information content (AvgIpc) is 3.11. The molecule has 0 fully saturated rings. The van der Waals surface area contributed by atoms with Gasteiger partial charge in [0.2, 0.25) is 0 Å². The van der Waals surface area contributed by atoms with E-state index >= 15 is 0 Å². The monoisotopic (exact) mass is 342 g/mol. The van der Waals surface area contributed by atoms with Gasteiger partial charge >= 0.3 is 6.08 Å². The number of allylic oxidation sites excluding steroid dienone is 1. The normalized spacial score (nSPS) is 11.1.